The molecular formula is C10H6Cl2O. The lowest BCUT2D eigenvalue weighted by Gasteiger charge is -2.04. The lowest BCUT2D eigenvalue weighted by molar-refractivity contribution is 0.476. The number of fused-ring (bicyclic) bond motifs is 1. The first kappa shape index (κ1) is 8.67. The fourth-order valence-corrected chi connectivity index (χ4v) is 1.77. The topological polar surface area (TPSA) is 20.2 Å². The average Bonchev–Trinajstić information content (AvgIpc) is 2.15. The second kappa shape index (κ2) is 3.09. The number of phenols is 1. The Morgan fingerprint density at radius 1 is 1.00 bits per heavy atom. The molecule has 0 aromatic heterocycles. The first-order chi connectivity index (χ1) is 6.20. The average molecular weight is 213 g/mol. The molecule has 66 valence electrons. The Bertz CT molecular complexity index is 466. The molecule has 0 atom stereocenters. The third-order valence-corrected chi connectivity index (χ3v) is 2.62. The van der Waals surface area contributed by atoms with Crippen LogP contribution in [0.2, 0.25) is 10.0 Å². The van der Waals surface area contributed by atoms with Crippen LogP contribution >= 0.6 is 23.2 Å². The Morgan fingerprint density at radius 3 is 2.31 bits per heavy atom. The molecule has 0 amide bonds. The van der Waals surface area contributed by atoms with Gasteiger partial charge in [-0.2, -0.15) is 0 Å². The predicted molar refractivity (Wildman–Crippen MR) is 55.6 cm³/mol. The van der Waals surface area contributed by atoms with Crippen molar-refractivity contribution in [3.05, 3.63) is 40.4 Å². The Labute approximate surface area is 85.5 Å². The summed E-state index contributed by atoms with van der Waals surface area (Å²) in [4.78, 5) is 0. The molecule has 2 aromatic rings. The van der Waals surface area contributed by atoms with Crippen molar-refractivity contribution in [1.29, 1.82) is 0 Å². The van der Waals surface area contributed by atoms with E-state index in [-0.39, 0.29) is 5.75 Å². The Kier molecular flexibility index (Phi) is 2.06. The van der Waals surface area contributed by atoms with Gasteiger partial charge < -0.3 is 5.11 Å². The van der Waals surface area contributed by atoms with Crippen molar-refractivity contribution in [1.82, 2.24) is 0 Å². The molecular weight excluding hydrogens is 207 g/mol. The van der Waals surface area contributed by atoms with Gasteiger partial charge in [0, 0.05) is 16.8 Å². The highest BCUT2D eigenvalue weighted by molar-refractivity contribution is 6.41. The van der Waals surface area contributed by atoms with Crippen molar-refractivity contribution >= 4 is 34.0 Å². The number of rotatable bonds is 0. The van der Waals surface area contributed by atoms with E-state index in [2.05, 4.69) is 0 Å². The molecule has 13 heavy (non-hydrogen) atoms. The summed E-state index contributed by atoms with van der Waals surface area (Å²) in [5.74, 6) is 0.0189. The molecule has 0 fully saturated rings. The quantitative estimate of drug-likeness (QED) is 0.704. The monoisotopic (exact) mass is 212 g/mol. The number of phenolic OH excluding ortho intramolecular Hbond substituents is 1. The van der Waals surface area contributed by atoms with Gasteiger partial charge in [0.15, 0.2) is 0 Å². The van der Waals surface area contributed by atoms with Crippen LogP contribution in [0.5, 0.6) is 5.75 Å². The Balaban J connectivity index is 2.97. The molecule has 0 saturated carbocycles. The van der Waals surface area contributed by atoms with Gasteiger partial charge in [-0.05, 0) is 0 Å². The van der Waals surface area contributed by atoms with Crippen LogP contribution in [0.25, 0.3) is 10.8 Å². The van der Waals surface area contributed by atoms with Gasteiger partial charge in [-0.3, -0.25) is 0 Å². The zero-order chi connectivity index (χ0) is 9.42. The van der Waals surface area contributed by atoms with Crippen LogP contribution in [-0.2, 0) is 0 Å². The molecule has 2 rings (SSSR count). The van der Waals surface area contributed by atoms with Crippen LogP contribution < -0.4 is 0 Å². The van der Waals surface area contributed by atoms with Gasteiger partial charge in [-0.15, -0.1) is 0 Å². The molecule has 0 heterocycles. The van der Waals surface area contributed by atoms with Gasteiger partial charge in [-0.25, -0.2) is 0 Å². The standard InChI is InChI=1S/C10H6Cl2O/c11-8-5-9(13)10(12)7-4-2-1-3-6(7)8/h1-5,13H. The summed E-state index contributed by atoms with van der Waals surface area (Å²) in [6, 6.07) is 8.87. The summed E-state index contributed by atoms with van der Waals surface area (Å²) < 4.78 is 0. The second-order valence-corrected chi connectivity index (χ2v) is 3.52. The first-order valence-corrected chi connectivity index (χ1v) is 4.51. The van der Waals surface area contributed by atoms with Crippen molar-refractivity contribution in [2.75, 3.05) is 0 Å². The molecule has 0 bridgehead atoms. The number of halogens is 2. The zero-order valence-electron chi connectivity index (χ0n) is 6.59. The van der Waals surface area contributed by atoms with E-state index in [9.17, 15) is 5.11 Å². The van der Waals surface area contributed by atoms with Crippen molar-refractivity contribution < 1.29 is 5.11 Å². The van der Waals surface area contributed by atoms with Crippen molar-refractivity contribution in [2.45, 2.75) is 0 Å². The number of benzene rings is 2. The van der Waals surface area contributed by atoms with Crippen LogP contribution in [0.4, 0.5) is 0 Å². The molecule has 0 aliphatic rings. The fourth-order valence-electron chi connectivity index (χ4n) is 1.28. The van der Waals surface area contributed by atoms with Gasteiger partial charge >= 0.3 is 0 Å². The minimum absolute atomic E-state index is 0.0189. The molecule has 1 N–H and O–H groups in total. The van der Waals surface area contributed by atoms with E-state index in [4.69, 9.17) is 23.2 Å². The third kappa shape index (κ3) is 1.34. The van der Waals surface area contributed by atoms with E-state index in [0.29, 0.717) is 10.0 Å². The summed E-state index contributed by atoms with van der Waals surface area (Å²) >= 11 is 11.8. The van der Waals surface area contributed by atoms with E-state index >= 15 is 0 Å². The molecule has 0 radical (unpaired) electrons. The number of aromatic hydroxyl groups is 1. The van der Waals surface area contributed by atoms with Crippen molar-refractivity contribution in [3.63, 3.8) is 0 Å². The maximum Gasteiger partial charge on any atom is 0.136 e. The summed E-state index contributed by atoms with van der Waals surface area (Å²) in [5, 5.41) is 11.9. The highest BCUT2D eigenvalue weighted by atomic mass is 35.5. The Hall–Kier alpha value is -0.920. The summed E-state index contributed by atoms with van der Waals surface area (Å²) in [6.45, 7) is 0. The van der Waals surface area contributed by atoms with Crippen LogP contribution in [0, 0.1) is 0 Å². The third-order valence-electron chi connectivity index (χ3n) is 1.91. The summed E-state index contributed by atoms with van der Waals surface area (Å²) in [5.41, 5.74) is 0. The van der Waals surface area contributed by atoms with E-state index in [1.165, 1.54) is 6.07 Å². The van der Waals surface area contributed by atoms with Crippen LogP contribution in [-0.4, -0.2) is 5.11 Å². The zero-order valence-corrected chi connectivity index (χ0v) is 8.10. The van der Waals surface area contributed by atoms with Gasteiger partial charge in [0.2, 0.25) is 0 Å². The SMILES string of the molecule is Oc1cc(Cl)c2ccccc2c1Cl. The molecule has 0 unspecified atom stereocenters. The molecule has 0 saturated heterocycles. The molecule has 0 aliphatic heterocycles. The molecule has 0 spiro atoms. The molecule has 3 heteroatoms. The van der Waals surface area contributed by atoms with Gasteiger partial charge in [0.05, 0.1) is 10.0 Å². The number of hydrogen-bond donors (Lipinski definition) is 1. The van der Waals surface area contributed by atoms with E-state index in [1.54, 1.807) is 0 Å². The largest absolute Gasteiger partial charge is 0.506 e. The van der Waals surface area contributed by atoms with Crippen LogP contribution in [0.1, 0.15) is 0 Å². The van der Waals surface area contributed by atoms with Crippen LogP contribution in [0.15, 0.2) is 30.3 Å². The highest BCUT2D eigenvalue weighted by Crippen LogP contribution is 2.36. The van der Waals surface area contributed by atoms with Gasteiger partial charge in [-0.1, -0.05) is 47.5 Å². The van der Waals surface area contributed by atoms with E-state index in [0.717, 1.165) is 10.8 Å². The van der Waals surface area contributed by atoms with E-state index < -0.39 is 0 Å². The minimum Gasteiger partial charge on any atom is -0.506 e. The van der Waals surface area contributed by atoms with Gasteiger partial charge in [0.25, 0.3) is 0 Å². The fraction of sp³-hybridized carbons (Fsp3) is 0. The minimum atomic E-state index is 0.0189. The smallest absolute Gasteiger partial charge is 0.136 e. The van der Waals surface area contributed by atoms with Gasteiger partial charge in [0.1, 0.15) is 5.75 Å². The number of hydrogen-bond acceptors (Lipinski definition) is 1. The second-order valence-electron chi connectivity index (χ2n) is 2.74. The normalized spacial score (nSPS) is 10.6. The summed E-state index contributed by atoms with van der Waals surface area (Å²) in [6.07, 6.45) is 0. The first-order valence-electron chi connectivity index (χ1n) is 3.76. The highest BCUT2D eigenvalue weighted by Gasteiger charge is 2.07. The maximum absolute atomic E-state index is 9.38. The lowest BCUT2D eigenvalue weighted by atomic mass is 10.1. The van der Waals surface area contributed by atoms with Crippen molar-refractivity contribution in [3.8, 4) is 5.75 Å². The molecule has 1 nitrogen and oxygen atoms in total. The van der Waals surface area contributed by atoms with Crippen molar-refractivity contribution in [2.24, 2.45) is 0 Å². The lowest BCUT2D eigenvalue weighted by Crippen LogP contribution is -1.76. The van der Waals surface area contributed by atoms with Crippen LogP contribution in [0.3, 0.4) is 0 Å². The summed E-state index contributed by atoms with van der Waals surface area (Å²) in [7, 11) is 0. The van der Waals surface area contributed by atoms with E-state index in [1.807, 2.05) is 24.3 Å². The predicted octanol–water partition coefficient (Wildman–Crippen LogP) is 3.85. The Morgan fingerprint density at radius 2 is 1.62 bits per heavy atom. The maximum atomic E-state index is 9.38. The molecule has 0 aliphatic carbocycles. The molecule has 2 aromatic carbocycles.